The standard InChI is InChI=1S/C11H8BrClN4O/c12-9-6-15-16-10(9)11(18)17-14-5-7-1-3-8(13)4-2-7/h1-6H,(H,15,16)(H,17,18)/b14-5+. The maximum absolute atomic E-state index is 11.6. The Balaban J connectivity index is 1.98. The Morgan fingerprint density at radius 3 is 2.78 bits per heavy atom. The van der Waals surface area contributed by atoms with E-state index >= 15 is 0 Å². The number of amides is 1. The molecule has 2 rings (SSSR count). The molecule has 0 radical (unpaired) electrons. The number of hydrogen-bond donors (Lipinski definition) is 2. The van der Waals surface area contributed by atoms with Crippen LogP contribution in [0.25, 0.3) is 0 Å². The van der Waals surface area contributed by atoms with Gasteiger partial charge in [-0.2, -0.15) is 10.2 Å². The normalized spacial score (nSPS) is 10.8. The van der Waals surface area contributed by atoms with Crippen molar-refractivity contribution in [2.24, 2.45) is 5.10 Å². The van der Waals surface area contributed by atoms with Crippen molar-refractivity contribution in [3.63, 3.8) is 0 Å². The zero-order chi connectivity index (χ0) is 13.0. The van der Waals surface area contributed by atoms with E-state index in [-0.39, 0.29) is 5.91 Å². The third-order valence-electron chi connectivity index (χ3n) is 2.07. The number of benzene rings is 1. The molecule has 0 aliphatic heterocycles. The van der Waals surface area contributed by atoms with Crippen LogP contribution in [-0.4, -0.2) is 22.3 Å². The molecular weight excluding hydrogens is 320 g/mol. The maximum Gasteiger partial charge on any atom is 0.290 e. The number of H-pyrrole nitrogens is 1. The number of nitrogens with zero attached hydrogens (tertiary/aromatic N) is 2. The lowest BCUT2D eigenvalue weighted by Gasteiger charge is -1.97. The fraction of sp³-hybridized carbons (Fsp3) is 0. The van der Waals surface area contributed by atoms with Crippen LogP contribution in [0.5, 0.6) is 0 Å². The van der Waals surface area contributed by atoms with Crippen LogP contribution in [0.3, 0.4) is 0 Å². The molecule has 5 nitrogen and oxygen atoms in total. The zero-order valence-corrected chi connectivity index (χ0v) is 11.4. The van der Waals surface area contributed by atoms with Crippen molar-refractivity contribution < 1.29 is 4.79 Å². The topological polar surface area (TPSA) is 70.1 Å². The monoisotopic (exact) mass is 326 g/mol. The summed E-state index contributed by atoms with van der Waals surface area (Å²) < 4.78 is 0.585. The number of hydrogen-bond acceptors (Lipinski definition) is 3. The number of aromatic amines is 1. The summed E-state index contributed by atoms with van der Waals surface area (Å²) in [6.07, 6.45) is 3.02. The summed E-state index contributed by atoms with van der Waals surface area (Å²) in [5.41, 5.74) is 3.54. The first-order valence-corrected chi connectivity index (χ1v) is 6.12. The summed E-state index contributed by atoms with van der Waals surface area (Å²) in [5.74, 6) is -0.371. The molecule has 0 saturated carbocycles. The van der Waals surface area contributed by atoms with E-state index in [1.165, 1.54) is 12.4 Å². The zero-order valence-electron chi connectivity index (χ0n) is 9.02. The Hall–Kier alpha value is -1.66. The highest BCUT2D eigenvalue weighted by molar-refractivity contribution is 9.10. The number of aromatic nitrogens is 2. The number of carbonyl (C=O) groups excluding carboxylic acids is 1. The van der Waals surface area contributed by atoms with Gasteiger partial charge >= 0.3 is 0 Å². The van der Waals surface area contributed by atoms with Crippen LogP contribution in [-0.2, 0) is 0 Å². The predicted molar refractivity (Wildman–Crippen MR) is 72.8 cm³/mol. The molecule has 7 heteroatoms. The van der Waals surface area contributed by atoms with Gasteiger partial charge in [-0.1, -0.05) is 23.7 Å². The number of carbonyl (C=O) groups is 1. The van der Waals surface area contributed by atoms with Crippen molar-refractivity contribution in [3.05, 3.63) is 51.2 Å². The lowest BCUT2D eigenvalue weighted by atomic mass is 10.2. The SMILES string of the molecule is O=C(N/N=C/c1ccc(Cl)cc1)c1[nH]ncc1Br. The molecule has 1 amide bonds. The van der Waals surface area contributed by atoms with E-state index in [9.17, 15) is 4.79 Å². The Bertz CT molecular complexity index is 579. The molecule has 0 aliphatic rings. The molecule has 0 unspecified atom stereocenters. The summed E-state index contributed by atoms with van der Waals surface area (Å²) in [7, 11) is 0. The Morgan fingerprint density at radius 1 is 1.44 bits per heavy atom. The van der Waals surface area contributed by atoms with Gasteiger partial charge in [-0.15, -0.1) is 0 Å². The van der Waals surface area contributed by atoms with Crippen LogP contribution in [0.2, 0.25) is 5.02 Å². The highest BCUT2D eigenvalue weighted by Crippen LogP contribution is 2.12. The molecule has 1 aromatic carbocycles. The molecular formula is C11H8BrClN4O. The van der Waals surface area contributed by atoms with Crippen molar-refractivity contribution in [2.45, 2.75) is 0 Å². The van der Waals surface area contributed by atoms with E-state index in [4.69, 9.17) is 11.6 Å². The van der Waals surface area contributed by atoms with Crippen LogP contribution in [0.1, 0.15) is 16.1 Å². The molecule has 0 aliphatic carbocycles. The maximum atomic E-state index is 11.6. The van der Waals surface area contributed by atoms with Gasteiger partial charge in [-0.3, -0.25) is 9.89 Å². The highest BCUT2D eigenvalue weighted by atomic mass is 79.9. The molecule has 0 saturated heterocycles. The van der Waals surface area contributed by atoms with Gasteiger partial charge in [-0.25, -0.2) is 5.43 Å². The van der Waals surface area contributed by atoms with Crippen LogP contribution in [0.4, 0.5) is 0 Å². The number of rotatable bonds is 3. The van der Waals surface area contributed by atoms with E-state index < -0.39 is 0 Å². The van der Waals surface area contributed by atoms with Gasteiger partial charge in [0.05, 0.1) is 16.9 Å². The molecule has 0 fully saturated rings. The quantitative estimate of drug-likeness (QED) is 0.672. The van der Waals surface area contributed by atoms with E-state index in [1.54, 1.807) is 24.3 Å². The second kappa shape index (κ2) is 5.79. The minimum Gasteiger partial charge on any atom is -0.272 e. The first kappa shape index (κ1) is 12.8. The second-order valence-corrected chi connectivity index (χ2v) is 4.63. The van der Waals surface area contributed by atoms with Gasteiger partial charge in [0.25, 0.3) is 5.91 Å². The van der Waals surface area contributed by atoms with Crippen LogP contribution >= 0.6 is 27.5 Å². The fourth-order valence-corrected chi connectivity index (χ4v) is 1.70. The van der Waals surface area contributed by atoms with E-state index in [1.807, 2.05) is 0 Å². The van der Waals surface area contributed by atoms with E-state index in [2.05, 4.69) is 36.7 Å². The molecule has 1 aromatic heterocycles. The van der Waals surface area contributed by atoms with Gasteiger partial charge in [-0.05, 0) is 33.6 Å². The van der Waals surface area contributed by atoms with Gasteiger partial charge in [0.1, 0.15) is 5.69 Å². The van der Waals surface area contributed by atoms with Crippen molar-refractivity contribution in [3.8, 4) is 0 Å². The third-order valence-corrected chi connectivity index (χ3v) is 2.92. The lowest BCUT2D eigenvalue weighted by Crippen LogP contribution is -2.18. The molecule has 1 heterocycles. The summed E-state index contributed by atoms with van der Waals surface area (Å²) >= 11 is 8.94. The summed E-state index contributed by atoms with van der Waals surface area (Å²) in [5, 5.41) is 10.8. The lowest BCUT2D eigenvalue weighted by molar-refractivity contribution is 0.0949. The predicted octanol–water partition coefficient (Wildman–Crippen LogP) is 2.59. The van der Waals surface area contributed by atoms with Gasteiger partial charge < -0.3 is 0 Å². The van der Waals surface area contributed by atoms with Crippen molar-refractivity contribution in [1.82, 2.24) is 15.6 Å². The molecule has 18 heavy (non-hydrogen) atoms. The van der Waals surface area contributed by atoms with Gasteiger partial charge in [0, 0.05) is 5.02 Å². The summed E-state index contributed by atoms with van der Waals surface area (Å²) in [6, 6.07) is 7.08. The number of halogens is 2. The average Bonchev–Trinajstić information content (AvgIpc) is 2.78. The first-order valence-electron chi connectivity index (χ1n) is 4.94. The minimum atomic E-state index is -0.371. The Labute approximate surface area is 116 Å². The van der Waals surface area contributed by atoms with Crippen molar-refractivity contribution >= 4 is 39.7 Å². The average molecular weight is 328 g/mol. The first-order chi connectivity index (χ1) is 8.66. The summed E-state index contributed by atoms with van der Waals surface area (Å²) in [4.78, 5) is 11.6. The molecule has 0 bridgehead atoms. The van der Waals surface area contributed by atoms with Gasteiger partial charge in [0.2, 0.25) is 0 Å². The summed E-state index contributed by atoms with van der Waals surface area (Å²) in [6.45, 7) is 0. The molecule has 2 aromatic rings. The number of nitrogens with one attached hydrogen (secondary N) is 2. The smallest absolute Gasteiger partial charge is 0.272 e. The van der Waals surface area contributed by atoms with Crippen LogP contribution in [0.15, 0.2) is 40.0 Å². The highest BCUT2D eigenvalue weighted by Gasteiger charge is 2.10. The minimum absolute atomic E-state index is 0.322. The van der Waals surface area contributed by atoms with Crippen LogP contribution < -0.4 is 5.43 Å². The molecule has 2 N–H and O–H groups in total. The van der Waals surface area contributed by atoms with Crippen molar-refractivity contribution in [1.29, 1.82) is 0 Å². The van der Waals surface area contributed by atoms with E-state index in [0.717, 1.165) is 5.56 Å². The van der Waals surface area contributed by atoms with Gasteiger partial charge in [0.15, 0.2) is 0 Å². The number of hydrazone groups is 1. The van der Waals surface area contributed by atoms with Crippen LogP contribution in [0, 0.1) is 0 Å². The molecule has 92 valence electrons. The Kier molecular flexibility index (Phi) is 4.11. The van der Waals surface area contributed by atoms with E-state index in [0.29, 0.717) is 15.2 Å². The second-order valence-electron chi connectivity index (χ2n) is 3.34. The largest absolute Gasteiger partial charge is 0.290 e. The fourth-order valence-electron chi connectivity index (χ4n) is 1.20. The third kappa shape index (κ3) is 3.18. The molecule has 0 atom stereocenters. The Morgan fingerprint density at radius 2 is 2.17 bits per heavy atom. The van der Waals surface area contributed by atoms with Crippen molar-refractivity contribution in [2.75, 3.05) is 0 Å². The molecule has 0 spiro atoms.